The summed E-state index contributed by atoms with van der Waals surface area (Å²) in [4.78, 5) is 6.97. The van der Waals surface area contributed by atoms with Gasteiger partial charge in [0.25, 0.3) is 0 Å². The Morgan fingerprint density at radius 3 is 2.47 bits per heavy atom. The van der Waals surface area contributed by atoms with Gasteiger partial charge in [0, 0.05) is 13.2 Å². The molecule has 0 radical (unpaired) electrons. The Kier molecular flexibility index (Phi) is 4.71. The summed E-state index contributed by atoms with van der Waals surface area (Å²) >= 11 is 0. The number of nitrogens with zero attached hydrogens (tertiary/aromatic N) is 2. The quantitative estimate of drug-likeness (QED) is 0.796. The van der Waals surface area contributed by atoms with E-state index in [1.807, 2.05) is 0 Å². The number of ether oxygens (including phenoxy) is 1. The zero-order chi connectivity index (χ0) is 13.9. The largest absolute Gasteiger partial charge is 0.382 e. The van der Waals surface area contributed by atoms with Crippen LogP contribution in [0.15, 0.2) is 4.99 Å². The van der Waals surface area contributed by atoms with Crippen molar-refractivity contribution in [1.82, 2.24) is 4.90 Å². The molecule has 2 N–H and O–H groups in total. The second kappa shape index (κ2) is 6.12. The minimum absolute atomic E-state index is 0.0339. The highest BCUT2D eigenvalue weighted by molar-refractivity contribution is 5.81. The smallest absolute Gasteiger partial charge is 0.192 e. The SMILES string of the molecule is COCC1(C(C)C)CN=C(N)N1C1CCCCCC1. The second-order valence-corrected chi connectivity index (χ2v) is 6.38. The molecule has 1 atom stereocenters. The zero-order valence-electron chi connectivity index (χ0n) is 12.7. The van der Waals surface area contributed by atoms with Crippen LogP contribution in [0.4, 0.5) is 0 Å². The first-order valence-electron chi connectivity index (χ1n) is 7.70. The minimum Gasteiger partial charge on any atom is -0.382 e. The van der Waals surface area contributed by atoms with Gasteiger partial charge >= 0.3 is 0 Å². The van der Waals surface area contributed by atoms with E-state index in [4.69, 9.17) is 10.5 Å². The first-order chi connectivity index (χ1) is 9.12. The summed E-state index contributed by atoms with van der Waals surface area (Å²) in [6.07, 6.45) is 7.84. The fourth-order valence-electron chi connectivity index (χ4n) is 3.66. The Morgan fingerprint density at radius 2 is 1.95 bits per heavy atom. The molecule has 4 nitrogen and oxygen atoms in total. The van der Waals surface area contributed by atoms with Crippen LogP contribution < -0.4 is 5.73 Å². The van der Waals surface area contributed by atoms with Gasteiger partial charge < -0.3 is 15.4 Å². The predicted octanol–water partition coefficient (Wildman–Crippen LogP) is 2.38. The molecule has 2 aliphatic rings. The topological polar surface area (TPSA) is 50.9 Å². The molecule has 0 aromatic rings. The molecule has 1 heterocycles. The number of guanidine groups is 1. The third-order valence-electron chi connectivity index (χ3n) is 4.90. The molecular weight excluding hydrogens is 238 g/mol. The van der Waals surface area contributed by atoms with Gasteiger partial charge in [0.15, 0.2) is 5.96 Å². The van der Waals surface area contributed by atoms with E-state index in [2.05, 4.69) is 23.7 Å². The number of rotatable bonds is 4. The van der Waals surface area contributed by atoms with E-state index in [0.29, 0.717) is 18.6 Å². The molecular formula is C15H29N3O. The van der Waals surface area contributed by atoms with Crippen LogP contribution in [-0.2, 0) is 4.74 Å². The van der Waals surface area contributed by atoms with Gasteiger partial charge in [-0.2, -0.15) is 0 Å². The van der Waals surface area contributed by atoms with Gasteiger partial charge in [0.05, 0.1) is 18.7 Å². The summed E-state index contributed by atoms with van der Waals surface area (Å²) in [5.41, 5.74) is 6.19. The predicted molar refractivity (Wildman–Crippen MR) is 79.3 cm³/mol. The van der Waals surface area contributed by atoms with E-state index in [1.165, 1.54) is 38.5 Å². The molecule has 19 heavy (non-hydrogen) atoms. The van der Waals surface area contributed by atoms with Crippen molar-refractivity contribution in [1.29, 1.82) is 0 Å². The fourth-order valence-corrected chi connectivity index (χ4v) is 3.66. The van der Waals surface area contributed by atoms with Gasteiger partial charge in [-0.3, -0.25) is 4.99 Å². The van der Waals surface area contributed by atoms with E-state index in [9.17, 15) is 0 Å². The van der Waals surface area contributed by atoms with E-state index in [-0.39, 0.29) is 5.54 Å². The summed E-state index contributed by atoms with van der Waals surface area (Å²) in [5, 5.41) is 0. The Bertz CT molecular complexity index is 321. The Balaban J connectivity index is 2.23. The third-order valence-corrected chi connectivity index (χ3v) is 4.90. The van der Waals surface area contributed by atoms with Crippen LogP contribution in [0.1, 0.15) is 52.4 Å². The molecule has 0 aromatic carbocycles. The lowest BCUT2D eigenvalue weighted by molar-refractivity contribution is 0.0112. The normalized spacial score (nSPS) is 29.7. The average Bonchev–Trinajstić information content (AvgIpc) is 2.56. The van der Waals surface area contributed by atoms with Crippen molar-refractivity contribution in [2.45, 2.75) is 64.0 Å². The molecule has 1 aliphatic heterocycles. The molecule has 110 valence electrons. The van der Waals surface area contributed by atoms with Crippen molar-refractivity contribution in [3.8, 4) is 0 Å². The number of hydrogen-bond acceptors (Lipinski definition) is 4. The van der Waals surface area contributed by atoms with Gasteiger partial charge in [0.2, 0.25) is 0 Å². The zero-order valence-corrected chi connectivity index (χ0v) is 12.7. The molecule has 1 saturated carbocycles. The Hall–Kier alpha value is -0.770. The second-order valence-electron chi connectivity index (χ2n) is 6.38. The van der Waals surface area contributed by atoms with Crippen LogP contribution in [0.3, 0.4) is 0 Å². The first kappa shape index (κ1) is 14.6. The van der Waals surface area contributed by atoms with Crippen molar-refractivity contribution in [2.24, 2.45) is 16.6 Å². The van der Waals surface area contributed by atoms with Gasteiger partial charge in [-0.25, -0.2) is 0 Å². The molecule has 0 aromatic heterocycles. The number of methoxy groups -OCH3 is 1. The van der Waals surface area contributed by atoms with Crippen LogP contribution in [-0.4, -0.2) is 42.7 Å². The summed E-state index contributed by atoms with van der Waals surface area (Å²) in [6, 6.07) is 0.547. The van der Waals surface area contributed by atoms with Crippen LogP contribution in [0, 0.1) is 5.92 Å². The number of hydrogen-bond donors (Lipinski definition) is 1. The number of aliphatic imine (C=N–C) groups is 1. The van der Waals surface area contributed by atoms with Crippen molar-refractivity contribution in [3.05, 3.63) is 0 Å². The highest BCUT2D eigenvalue weighted by Gasteiger charge is 2.47. The van der Waals surface area contributed by atoms with Crippen molar-refractivity contribution >= 4 is 5.96 Å². The maximum absolute atomic E-state index is 6.22. The molecule has 0 bridgehead atoms. The highest BCUT2D eigenvalue weighted by Crippen LogP contribution is 2.36. The molecule has 0 saturated heterocycles. The lowest BCUT2D eigenvalue weighted by Gasteiger charge is -2.46. The highest BCUT2D eigenvalue weighted by atomic mass is 16.5. The van der Waals surface area contributed by atoms with Gasteiger partial charge in [-0.1, -0.05) is 39.5 Å². The summed E-state index contributed by atoms with van der Waals surface area (Å²) < 4.78 is 5.52. The van der Waals surface area contributed by atoms with E-state index in [1.54, 1.807) is 7.11 Å². The number of nitrogens with two attached hydrogens (primary N) is 1. The molecule has 2 rings (SSSR count). The Morgan fingerprint density at radius 1 is 1.32 bits per heavy atom. The van der Waals surface area contributed by atoms with Crippen LogP contribution >= 0.6 is 0 Å². The van der Waals surface area contributed by atoms with E-state index < -0.39 is 0 Å². The average molecular weight is 267 g/mol. The monoisotopic (exact) mass is 267 g/mol. The standard InChI is InChI=1S/C15H29N3O/c1-12(2)15(11-19-3)10-17-14(16)18(15)13-8-6-4-5-7-9-13/h12-13H,4-11H2,1-3H3,(H2,16,17). The van der Waals surface area contributed by atoms with Crippen LogP contribution in [0.5, 0.6) is 0 Å². The first-order valence-corrected chi connectivity index (χ1v) is 7.70. The maximum Gasteiger partial charge on any atom is 0.192 e. The molecule has 0 amide bonds. The van der Waals surface area contributed by atoms with Crippen molar-refractivity contribution in [3.63, 3.8) is 0 Å². The maximum atomic E-state index is 6.22. The van der Waals surface area contributed by atoms with Crippen molar-refractivity contribution in [2.75, 3.05) is 20.3 Å². The molecule has 1 unspecified atom stereocenters. The van der Waals surface area contributed by atoms with Crippen molar-refractivity contribution < 1.29 is 4.74 Å². The van der Waals surface area contributed by atoms with E-state index >= 15 is 0 Å². The van der Waals surface area contributed by atoms with E-state index in [0.717, 1.165) is 12.5 Å². The van der Waals surface area contributed by atoms with Gasteiger partial charge in [-0.05, 0) is 18.8 Å². The van der Waals surface area contributed by atoms with Crippen LogP contribution in [0.25, 0.3) is 0 Å². The van der Waals surface area contributed by atoms with Gasteiger partial charge in [0.1, 0.15) is 0 Å². The summed E-state index contributed by atoms with van der Waals surface area (Å²) in [6.45, 7) is 6.01. The van der Waals surface area contributed by atoms with Crippen LogP contribution in [0.2, 0.25) is 0 Å². The molecule has 1 aliphatic carbocycles. The summed E-state index contributed by atoms with van der Waals surface area (Å²) in [7, 11) is 1.78. The summed E-state index contributed by atoms with van der Waals surface area (Å²) in [5.74, 6) is 1.22. The molecule has 0 spiro atoms. The lowest BCUT2D eigenvalue weighted by atomic mass is 9.84. The minimum atomic E-state index is -0.0339. The third kappa shape index (κ3) is 2.73. The molecule has 1 fully saturated rings. The Labute approximate surface area is 117 Å². The van der Waals surface area contributed by atoms with Gasteiger partial charge in [-0.15, -0.1) is 0 Å². The fraction of sp³-hybridized carbons (Fsp3) is 0.933. The lowest BCUT2D eigenvalue weighted by Crippen LogP contribution is -2.61. The molecule has 4 heteroatoms.